The molecule has 2 heterocycles. The van der Waals surface area contributed by atoms with Crippen LogP contribution in [0, 0.1) is 0 Å². The van der Waals surface area contributed by atoms with Crippen LogP contribution in [-0.2, 0) is 14.2 Å². The minimum absolute atomic E-state index is 0.123. The van der Waals surface area contributed by atoms with Crippen LogP contribution in [0.15, 0.2) is 65.8 Å². The van der Waals surface area contributed by atoms with Gasteiger partial charge in [-0.25, -0.2) is 0 Å². The van der Waals surface area contributed by atoms with Gasteiger partial charge in [0.1, 0.15) is 0 Å². The number of nitrogens with zero attached hydrogens (tertiary/aromatic N) is 3. The molecule has 2 saturated heterocycles. The van der Waals surface area contributed by atoms with Crippen molar-refractivity contribution in [2.75, 3.05) is 6.61 Å². The van der Waals surface area contributed by atoms with Gasteiger partial charge in [-0.2, -0.15) is 0 Å². The first-order valence-corrected chi connectivity index (χ1v) is 10.5. The Morgan fingerprint density at radius 1 is 1.04 bits per heavy atom. The number of hydrogen-bond acceptors (Lipinski definition) is 5. The van der Waals surface area contributed by atoms with Gasteiger partial charge in [0.05, 0.1) is 0 Å². The molecule has 2 aromatic carbocycles. The molecule has 7 nitrogen and oxygen atoms in total. The number of hydrogen-bond donors (Lipinski definition) is 1. The molecule has 0 bridgehead atoms. The van der Waals surface area contributed by atoms with E-state index in [-0.39, 0.29) is 20.0 Å². The summed E-state index contributed by atoms with van der Waals surface area (Å²) in [5.41, 5.74) is 9.85. The van der Waals surface area contributed by atoms with Crippen LogP contribution in [0.5, 0.6) is 0 Å². The molecule has 0 aliphatic carbocycles. The van der Waals surface area contributed by atoms with Gasteiger partial charge in [-0.3, -0.25) is 0 Å². The summed E-state index contributed by atoms with van der Waals surface area (Å²) in [7, 11) is 0. The van der Waals surface area contributed by atoms with E-state index in [0.717, 1.165) is 10.0 Å². The average Bonchev–Trinajstić information content (AvgIpc) is 2.72. The zero-order valence-corrected chi connectivity index (χ0v) is 16.1. The van der Waals surface area contributed by atoms with Crippen LogP contribution in [0.3, 0.4) is 0 Å². The summed E-state index contributed by atoms with van der Waals surface area (Å²) in [5, 5.41) is 14.3. The van der Waals surface area contributed by atoms with Gasteiger partial charge in [0.15, 0.2) is 0 Å². The molecule has 140 valence electrons. The predicted molar refractivity (Wildman–Crippen MR) is 99.4 cm³/mol. The summed E-state index contributed by atoms with van der Waals surface area (Å²) in [6, 6.07) is 18.7. The van der Waals surface area contributed by atoms with E-state index < -0.39 is 30.6 Å². The summed E-state index contributed by atoms with van der Waals surface area (Å²) in [6.45, 7) is 0.311. The van der Waals surface area contributed by atoms with E-state index in [1.54, 1.807) is 0 Å². The second-order valence-corrected chi connectivity index (χ2v) is 8.79. The number of azide groups is 1. The average molecular weight is 432 g/mol. The van der Waals surface area contributed by atoms with E-state index >= 15 is 0 Å². The molecule has 1 unspecified atom stereocenters. The van der Waals surface area contributed by atoms with Crippen molar-refractivity contribution in [2.24, 2.45) is 5.11 Å². The van der Waals surface area contributed by atoms with Gasteiger partial charge >= 0.3 is 163 Å². The van der Waals surface area contributed by atoms with Crippen molar-refractivity contribution in [3.8, 4) is 0 Å². The predicted octanol–water partition coefficient (Wildman–Crippen LogP) is 1.90. The van der Waals surface area contributed by atoms with Crippen molar-refractivity contribution in [1.82, 2.24) is 0 Å². The van der Waals surface area contributed by atoms with Crippen molar-refractivity contribution in [1.29, 1.82) is 0 Å². The number of rotatable bonds is 4. The van der Waals surface area contributed by atoms with E-state index in [2.05, 4.69) is 10.0 Å². The first-order valence-electron chi connectivity index (χ1n) is 8.68. The van der Waals surface area contributed by atoms with Gasteiger partial charge in [0.25, 0.3) is 0 Å². The fourth-order valence-corrected chi connectivity index (χ4v) is 5.65. The maximum atomic E-state index is 10.9. The monoisotopic (exact) mass is 433 g/mol. The molecule has 2 aliphatic rings. The first-order chi connectivity index (χ1) is 13.3. The molecule has 2 fully saturated rings. The minimum atomic E-state index is -0.953. The number of aliphatic hydroxyl groups is 1. The molecule has 4 rings (SSSR count). The molecular formula is C19H19N3O4Se. The van der Waals surface area contributed by atoms with Crippen molar-refractivity contribution >= 4 is 19.4 Å². The molecule has 0 saturated carbocycles. The summed E-state index contributed by atoms with van der Waals surface area (Å²) in [4.78, 5) is 2.92. The molecule has 0 aromatic heterocycles. The molecule has 0 spiro atoms. The quantitative estimate of drug-likeness (QED) is 0.346. The van der Waals surface area contributed by atoms with Gasteiger partial charge in [0, 0.05) is 0 Å². The summed E-state index contributed by atoms with van der Waals surface area (Å²) in [6.07, 6.45) is -2.54. The molecule has 1 N–H and O–H groups in total. The van der Waals surface area contributed by atoms with Crippen LogP contribution in [0.4, 0.5) is 0 Å². The van der Waals surface area contributed by atoms with Crippen molar-refractivity contribution in [2.45, 2.75) is 35.6 Å². The van der Waals surface area contributed by atoms with Gasteiger partial charge in [0.2, 0.25) is 0 Å². The zero-order valence-electron chi connectivity index (χ0n) is 14.4. The molecule has 0 amide bonds. The van der Waals surface area contributed by atoms with Crippen LogP contribution in [0.2, 0.25) is 0 Å². The normalized spacial score (nSPS) is 32.9. The molecule has 0 radical (unpaired) electrons. The van der Waals surface area contributed by atoms with Crippen LogP contribution in [0.1, 0.15) is 11.9 Å². The Bertz CT molecular complexity index is 803. The van der Waals surface area contributed by atoms with E-state index in [9.17, 15) is 5.11 Å². The van der Waals surface area contributed by atoms with Crippen molar-refractivity contribution in [3.05, 3.63) is 76.7 Å². The van der Waals surface area contributed by atoms with Crippen molar-refractivity contribution in [3.63, 3.8) is 0 Å². The summed E-state index contributed by atoms with van der Waals surface area (Å²) >= 11 is -0.123. The Kier molecular flexibility index (Phi) is 5.76. The second-order valence-electron chi connectivity index (χ2n) is 6.34. The van der Waals surface area contributed by atoms with Crippen LogP contribution in [0.25, 0.3) is 10.4 Å². The number of fused-ring (bicyclic) bond motifs is 1. The Hall–Kier alpha value is -1.89. The maximum absolute atomic E-state index is 10.9. The van der Waals surface area contributed by atoms with Crippen LogP contribution >= 0.6 is 0 Å². The summed E-state index contributed by atoms with van der Waals surface area (Å²) < 4.78 is 19.1. The molecule has 2 aliphatic heterocycles. The molecule has 27 heavy (non-hydrogen) atoms. The molecule has 2 aromatic rings. The van der Waals surface area contributed by atoms with Crippen LogP contribution in [-0.4, -0.2) is 56.0 Å². The number of ether oxygens (including phenoxy) is 3. The summed E-state index contributed by atoms with van der Waals surface area (Å²) in [5.74, 6) is 0. The van der Waals surface area contributed by atoms with Gasteiger partial charge in [-0.05, 0) is 0 Å². The third-order valence-electron chi connectivity index (χ3n) is 4.59. The van der Waals surface area contributed by atoms with Crippen molar-refractivity contribution < 1.29 is 19.3 Å². The molecular weight excluding hydrogens is 413 g/mol. The Morgan fingerprint density at radius 3 is 2.44 bits per heavy atom. The molecule has 8 heteroatoms. The van der Waals surface area contributed by atoms with E-state index in [1.165, 1.54) is 0 Å². The number of aliphatic hydroxyl groups excluding tert-OH is 1. The third kappa shape index (κ3) is 4.03. The standard InChI is InChI=1S/C19H19N3O4Se/c20-22-21-15-16(23)17-14(25-19(15)27-13-9-5-2-6-10-13)11-24-18(26-17)12-7-3-1-4-8-12/h1-10,14-19,23H,11H2/t14-,15-,16-,17-,18?,19-/m1/s1. The fourth-order valence-electron chi connectivity index (χ4n) is 3.27. The van der Waals surface area contributed by atoms with Gasteiger partial charge < -0.3 is 0 Å². The van der Waals surface area contributed by atoms with Gasteiger partial charge in [-0.15, -0.1) is 0 Å². The Balaban J connectivity index is 1.53. The number of benzene rings is 2. The second kappa shape index (κ2) is 8.42. The van der Waals surface area contributed by atoms with E-state index in [4.69, 9.17) is 19.7 Å². The Morgan fingerprint density at radius 2 is 1.74 bits per heavy atom. The van der Waals surface area contributed by atoms with E-state index in [1.807, 2.05) is 60.7 Å². The van der Waals surface area contributed by atoms with E-state index in [0.29, 0.717) is 6.61 Å². The first kappa shape index (κ1) is 18.5. The topological polar surface area (TPSA) is 96.7 Å². The van der Waals surface area contributed by atoms with Crippen LogP contribution < -0.4 is 4.46 Å². The van der Waals surface area contributed by atoms with Gasteiger partial charge in [-0.1, -0.05) is 0 Å². The molecule has 6 atom stereocenters. The Labute approximate surface area is 163 Å². The zero-order chi connectivity index (χ0) is 18.6. The fraction of sp³-hybridized carbons (Fsp3) is 0.368. The SMILES string of the molecule is [N-]=[N+]=N[C@@H]1[C@@H](O)[C@@H]2OC(c3ccccc3)OC[C@H]2O[C@@H]1[Se]c1ccccc1. The third-order valence-corrected chi connectivity index (χ3v) is 7.03.